The Morgan fingerprint density at radius 1 is 0.611 bits per heavy atom. The van der Waals surface area contributed by atoms with E-state index in [9.17, 15) is 0 Å². The minimum Gasteiger partial charge on any atom is -0.175 e. The highest BCUT2D eigenvalue weighted by molar-refractivity contribution is 7.79. The zero-order valence-electron chi connectivity index (χ0n) is 9.82. The first-order valence-electron chi connectivity index (χ1n) is 5.63. The third-order valence-electron chi connectivity index (χ3n) is 2.52. The quantitative estimate of drug-likeness (QED) is 0.582. The number of benzene rings is 2. The summed E-state index contributed by atoms with van der Waals surface area (Å²) in [6.07, 6.45) is 0. The molecule has 0 saturated carbocycles. The molecule has 0 aliphatic heterocycles. The van der Waals surface area contributed by atoms with E-state index in [0.29, 0.717) is 0 Å². The second-order valence-electron chi connectivity index (χ2n) is 3.85. The minimum absolute atomic E-state index is 0.739. The topological polar surface area (TPSA) is 24.7 Å². The molecule has 0 N–H and O–H groups in total. The number of rotatable bonds is 4. The van der Waals surface area contributed by atoms with Crippen molar-refractivity contribution in [2.24, 2.45) is 10.2 Å². The van der Waals surface area contributed by atoms with E-state index in [1.54, 1.807) is 0 Å². The van der Waals surface area contributed by atoms with Gasteiger partial charge in [0, 0.05) is 11.5 Å². The number of nitrogens with zero attached hydrogens (tertiary/aromatic N) is 2. The molecular formula is C14H14N2S2. The lowest BCUT2D eigenvalue weighted by Gasteiger charge is -1.97. The van der Waals surface area contributed by atoms with Gasteiger partial charge in [0.15, 0.2) is 0 Å². The highest BCUT2D eigenvalue weighted by Crippen LogP contribution is 2.19. The zero-order chi connectivity index (χ0) is 12.8. The lowest BCUT2D eigenvalue weighted by Crippen LogP contribution is -1.75. The van der Waals surface area contributed by atoms with Crippen molar-refractivity contribution in [1.29, 1.82) is 0 Å². The monoisotopic (exact) mass is 274 g/mol. The molecule has 0 heterocycles. The van der Waals surface area contributed by atoms with Gasteiger partial charge in [0.2, 0.25) is 0 Å². The fourth-order valence-electron chi connectivity index (χ4n) is 1.45. The van der Waals surface area contributed by atoms with Crippen LogP contribution in [0.2, 0.25) is 0 Å². The van der Waals surface area contributed by atoms with E-state index in [2.05, 4.69) is 35.5 Å². The summed E-state index contributed by atoms with van der Waals surface area (Å²) in [7, 11) is 0. The molecule has 0 atom stereocenters. The SMILES string of the molecule is SCc1ccc(/N=N/c2ccc(CS)cc2)cc1. The number of thiol groups is 2. The van der Waals surface area contributed by atoms with E-state index in [1.165, 1.54) is 11.1 Å². The molecule has 0 radical (unpaired) electrons. The van der Waals surface area contributed by atoms with Crippen LogP contribution < -0.4 is 0 Å². The van der Waals surface area contributed by atoms with Gasteiger partial charge < -0.3 is 0 Å². The molecule has 0 amide bonds. The van der Waals surface area contributed by atoms with Gasteiger partial charge in [-0.15, -0.1) is 0 Å². The van der Waals surface area contributed by atoms with Crippen LogP contribution in [0.5, 0.6) is 0 Å². The average Bonchev–Trinajstić information content (AvgIpc) is 2.46. The standard InChI is InChI=1S/C14H14N2S2/c17-9-11-1-5-13(6-2-11)15-16-14-7-3-12(10-18)4-8-14/h1-8,17-18H,9-10H2/b16-15+. The van der Waals surface area contributed by atoms with Crippen LogP contribution >= 0.6 is 25.3 Å². The number of hydrogen-bond donors (Lipinski definition) is 2. The Labute approximate surface area is 118 Å². The van der Waals surface area contributed by atoms with Crippen molar-refractivity contribution in [3.63, 3.8) is 0 Å². The van der Waals surface area contributed by atoms with Crippen LogP contribution in [-0.4, -0.2) is 0 Å². The fourth-order valence-corrected chi connectivity index (χ4v) is 1.87. The molecule has 2 aromatic carbocycles. The molecule has 0 saturated heterocycles. The van der Waals surface area contributed by atoms with Crippen molar-refractivity contribution in [1.82, 2.24) is 0 Å². The van der Waals surface area contributed by atoms with Crippen molar-refractivity contribution in [3.8, 4) is 0 Å². The molecule has 0 aromatic heterocycles. The predicted octanol–water partition coefficient (Wildman–Crippen LogP) is 4.96. The van der Waals surface area contributed by atoms with Gasteiger partial charge in [0.1, 0.15) is 0 Å². The normalized spacial score (nSPS) is 11.0. The van der Waals surface area contributed by atoms with Crippen LogP contribution in [0.4, 0.5) is 11.4 Å². The number of hydrogen-bond acceptors (Lipinski definition) is 4. The summed E-state index contributed by atoms with van der Waals surface area (Å²) < 4.78 is 0. The van der Waals surface area contributed by atoms with Gasteiger partial charge in [-0.1, -0.05) is 24.3 Å². The average molecular weight is 274 g/mol. The molecule has 0 bridgehead atoms. The third kappa shape index (κ3) is 3.62. The van der Waals surface area contributed by atoms with Gasteiger partial charge in [-0.3, -0.25) is 0 Å². The number of azo groups is 1. The summed E-state index contributed by atoms with van der Waals surface area (Å²) in [5, 5.41) is 8.38. The summed E-state index contributed by atoms with van der Waals surface area (Å²) in [4.78, 5) is 0. The van der Waals surface area contributed by atoms with Crippen LogP contribution in [0, 0.1) is 0 Å². The minimum atomic E-state index is 0.739. The summed E-state index contributed by atoms with van der Waals surface area (Å²) in [6.45, 7) is 0. The van der Waals surface area contributed by atoms with E-state index in [4.69, 9.17) is 0 Å². The van der Waals surface area contributed by atoms with Gasteiger partial charge in [-0.05, 0) is 35.4 Å². The van der Waals surface area contributed by atoms with Gasteiger partial charge in [-0.2, -0.15) is 35.5 Å². The summed E-state index contributed by atoms with van der Waals surface area (Å²) in [5.74, 6) is 1.48. The molecule has 0 aliphatic carbocycles. The largest absolute Gasteiger partial charge is 0.175 e. The Hall–Kier alpha value is -1.26. The van der Waals surface area contributed by atoms with Gasteiger partial charge in [0.05, 0.1) is 11.4 Å². The summed E-state index contributed by atoms with van der Waals surface area (Å²) >= 11 is 8.42. The first kappa shape index (κ1) is 13.2. The van der Waals surface area contributed by atoms with Crippen molar-refractivity contribution in [2.45, 2.75) is 11.5 Å². The molecule has 2 rings (SSSR count). The Bertz CT molecular complexity index is 469. The Kier molecular flexibility index (Phi) is 4.84. The second-order valence-corrected chi connectivity index (χ2v) is 4.48. The molecule has 0 spiro atoms. The van der Waals surface area contributed by atoms with E-state index >= 15 is 0 Å². The Morgan fingerprint density at radius 3 is 1.22 bits per heavy atom. The predicted molar refractivity (Wildman–Crippen MR) is 82.4 cm³/mol. The maximum absolute atomic E-state index is 4.21. The first-order valence-corrected chi connectivity index (χ1v) is 6.89. The Morgan fingerprint density at radius 2 is 0.944 bits per heavy atom. The molecule has 18 heavy (non-hydrogen) atoms. The van der Waals surface area contributed by atoms with Crippen molar-refractivity contribution >= 4 is 36.6 Å². The summed E-state index contributed by atoms with van der Waals surface area (Å²) in [5.41, 5.74) is 4.04. The fraction of sp³-hybridized carbons (Fsp3) is 0.143. The highest BCUT2D eigenvalue weighted by Gasteiger charge is 1.93. The molecule has 0 fully saturated rings. The van der Waals surface area contributed by atoms with Gasteiger partial charge in [-0.25, -0.2) is 0 Å². The van der Waals surface area contributed by atoms with Crippen molar-refractivity contribution < 1.29 is 0 Å². The zero-order valence-corrected chi connectivity index (χ0v) is 11.6. The van der Waals surface area contributed by atoms with Crippen LogP contribution in [0.25, 0.3) is 0 Å². The smallest absolute Gasteiger partial charge is 0.0857 e. The second kappa shape index (κ2) is 6.61. The van der Waals surface area contributed by atoms with E-state index in [0.717, 1.165) is 22.9 Å². The first-order chi connectivity index (χ1) is 8.81. The lowest BCUT2D eigenvalue weighted by molar-refractivity contribution is 1.22. The molecular weight excluding hydrogens is 260 g/mol. The molecule has 0 aliphatic rings. The third-order valence-corrected chi connectivity index (χ3v) is 3.25. The van der Waals surface area contributed by atoms with Gasteiger partial charge in [0.25, 0.3) is 0 Å². The van der Waals surface area contributed by atoms with E-state index in [-0.39, 0.29) is 0 Å². The highest BCUT2D eigenvalue weighted by atomic mass is 32.1. The van der Waals surface area contributed by atoms with Gasteiger partial charge >= 0.3 is 0 Å². The van der Waals surface area contributed by atoms with Crippen molar-refractivity contribution in [2.75, 3.05) is 0 Å². The van der Waals surface area contributed by atoms with Crippen LogP contribution in [0.1, 0.15) is 11.1 Å². The van der Waals surface area contributed by atoms with E-state index < -0.39 is 0 Å². The summed E-state index contributed by atoms with van der Waals surface area (Å²) in [6, 6.07) is 15.8. The maximum Gasteiger partial charge on any atom is 0.0857 e. The van der Waals surface area contributed by atoms with Crippen LogP contribution in [-0.2, 0) is 11.5 Å². The van der Waals surface area contributed by atoms with Crippen molar-refractivity contribution in [3.05, 3.63) is 59.7 Å². The lowest BCUT2D eigenvalue weighted by atomic mass is 10.2. The van der Waals surface area contributed by atoms with E-state index in [1.807, 2.05) is 48.5 Å². The molecule has 2 nitrogen and oxygen atoms in total. The van der Waals surface area contributed by atoms with Crippen LogP contribution in [0.15, 0.2) is 58.8 Å². The Balaban J connectivity index is 2.08. The molecule has 4 heteroatoms. The maximum atomic E-state index is 4.21. The molecule has 92 valence electrons. The molecule has 0 unspecified atom stereocenters. The van der Waals surface area contributed by atoms with Crippen LogP contribution in [0.3, 0.4) is 0 Å². The molecule has 2 aromatic rings.